The number of aromatic amines is 2. The molecule has 37 heavy (non-hydrogen) atoms. The van der Waals surface area contributed by atoms with Crippen LogP contribution in [0, 0.1) is 5.82 Å². The Hall–Kier alpha value is -3.23. The molecule has 2 heterocycles. The number of hydrogen-bond donors (Lipinski definition) is 2. The maximum Gasteiger partial charge on any atom is 0.416 e. The Morgan fingerprint density at radius 1 is 0.919 bits per heavy atom. The molecular weight excluding hydrogens is 513 g/mol. The number of nitrogens with one attached hydrogen (secondary N) is 2. The van der Waals surface area contributed by atoms with E-state index in [0.717, 1.165) is 12.1 Å². The summed E-state index contributed by atoms with van der Waals surface area (Å²) in [6.07, 6.45) is -10.3. The second kappa shape index (κ2) is 10.3. The minimum Gasteiger partial charge on any atom is -0.379 e. The van der Waals surface area contributed by atoms with Crippen molar-refractivity contribution in [2.75, 3.05) is 32.9 Å². The first kappa shape index (κ1) is 26.8. The summed E-state index contributed by atoms with van der Waals surface area (Å²) in [4.78, 5) is 16.2. The van der Waals surface area contributed by atoms with Gasteiger partial charge in [0.15, 0.2) is 5.82 Å². The lowest BCUT2D eigenvalue weighted by Crippen LogP contribution is -2.54. The van der Waals surface area contributed by atoms with Gasteiger partial charge < -0.3 is 9.47 Å². The molecule has 0 saturated carbocycles. The van der Waals surface area contributed by atoms with E-state index in [1.165, 1.54) is 12.1 Å². The highest BCUT2D eigenvalue weighted by Crippen LogP contribution is 2.38. The molecule has 1 atom stereocenters. The van der Waals surface area contributed by atoms with Crippen LogP contribution in [0.4, 0.5) is 30.7 Å². The summed E-state index contributed by atoms with van der Waals surface area (Å²) in [5, 5.41) is 6.22. The van der Waals surface area contributed by atoms with E-state index < -0.39 is 40.7 Å². The van der Waals surface area contributed by atoms with Gasteiger partial charge in [0.05, 0.1) is 30.9 Å². The number of nitrogens with zero attached hydrogens (tertiary/aromatic N) is 2. The van der Waals surface area contributed by atoms with Gasteiger partial charge in [-0.3, -0.25) is 9.88 Å². The maximum absolute atomic E-state index is 13.7. The van der Waals surface area contributed by atoms with Crippen molar-refractivity contribution in [1.29, 1.82) is 0 Å². The second-order valence-electron chi connectivity index (χ2n) is 8.29. The van der Waals surface area contributed by atoms with Crippen LogP contribution < -0.4 is 5.69 Å². The summed E-state index contributed by atoms with van der Waals surface area (Å²) in [5.74, 6) is -0.579. The summed E-state index contributed by atoms with van der Waals surface area (Å²) in [7, 11) is 0. The molecule has 0 amide bonds. The van der Waals surface area contributed by atoms with Gasteiger partial charge in [0.1, 0.15) is 5.82 Å². The van der Waals surface area contributed by atoms with Crippen molar-refractivity contribution in [2.45, 2.75) is 24.5 Å². The molecular formula is C23H21F7N4O3. The number of morpholine rings is 1. The van der Waals surface area contributed by atoms with Crippen LogP contribution in [0.5, 0.6) is 0 Å². The number of rotatable bonds is 7. The SMILES string of the molecule is O=c1[nH]nc([C@](OCCc2cc(C(F)(F)F)cc(C(F)(F)F)c2)(c2ccc(F)cc2)N2CCOCC2)[nH]1. The summed E-state index contributed by atoms with van der Waals surface area (Å²) in [6, 6.07) is 6.40. The van der Waals surface area contributed by atoms with E-state index in [4.69, 9.17) is 9.47 Å². The monoisotopic (exact) mass is 534 g/mol. The number of alkyl halides is 6. The van der Waals surface area contributed by atoms with Crippen molar-refractivity contribution in [3.8, 4) is 0 Å². The van der Waals surface area contributed by atoms with Crippen LogP contribution in [-0.4, -0.2) is 53.0 Å². The predicted molar refractivity (Wildman–Crippen MR) is 115 cm³/mol. The smallest absolute Gasteiger partial charge is 0.379 e. The van der Waals surface area contributed by atoms with E-state index in [1.54, 1.807) is 4.90 Å². The lowest BCUT2D eigenvalue weighted by molar-refractivity contribution is -0.163. The molecule has 1 aliphatic heterocycles. The molecule has 0 unspecified atom stereocenters. The quantitative estimate of drug-likeness (QED) is 0.447. The van der Waals surface area contributed by atoms with Crippen LogP contribution in [0.25, 0.3) is 0 Å². The van der Waals surface area contributed by atoms with Gasteiger partial charge in [-0.1, -0.05) is 12.1 Å². The summed E-state index contributed by atoms with van der Waals surface area (Å²) in [5.41, 5.74) is -5.12. The number of hydrogen-bond acceptors (Lipinski definition) is 5. The first-order valence-corrected chi connectivity index (χ1v) is 11.1. The van der Waals surface area contributed by atoms with Crippen molar-refractivity contribution >= 4 is 0 Å². The first-order valence-electron chi connectivity index (χ1n) is 11.1. The lowest BCUT2D eigenvalue weighted by atomic mass is 9.98. The van der Waals surface area contributed by atoms with Crippen LogP contribution >= 0.6 is 0 Å². The normalized spacial score (nSPS) is 17.1. The van der Waals surface area contributed by atoms with E-state index in [2.05, 4.69) is 15.2 Å². The molecule has 1 fully saturated rings. The van der Waals surface area contributed by atoms with Gasteiger partial charge in [0.25, 0.3) is 0 Å². The predicted octanol–water partition coefficient (Wildman–Crippen LogP) is 4.07. The zero-order valence-electron chi connectivity index (χ0n) is 19.0. The number of H-pyrrole nitrogens is 2. The highest BCUT2D eigenvalue weighted by molar-refractivity contribution is 5.34. The molecule has 200 valence electrons. The van der Waals surface area contributed by atoms with Crippen LogP contribution in [-0.2, 0) is 34.0 Å². The minimum atomic E-state index is -4.99. The summed E-state index contributed by atoms with van der Waals surface area (Å²) in [6.45, 7) is 0.706. The van der Waals surface area contributed by atoms with Crippen molar-refractivity contribution in [1.82, 2.24) is 20.1 Å². The molecule has 2 aromatic carbocycles. The van der Waals surface area contributed by atoms with Crippen molar-refractivity contribution in [3.05, 3.63) is 86.8 Å². The van der Waals surface area contributed by atoms with Crippen molar-refractivity contribution in [2.24, 2.45) is 0 Å². The van der Waals surface area contributed by atoms with E-state index in [-0.39, 0.29) is 56.8 Å². The van der Waals surface area contributed by atoms with Crippen molar-refractivity contribution < 1.29 is 40.2 Å². The maximum atomic E-state index is 13.7. The molecule has 0 spiro atoms. The third-order valence-corrected chi connectivity index (χ3v) is 5.86. The summed E-state index contributed by atoms with van der Waals surface area (Å²) >= 11 is 0. The molecule has 3 aromatic rings. The van der Waals surface area contributed by atoms with Gasteiger partial charge in [-0.15, -0.1) is 0 Å². The molecule has 2 N–H and O–H groups in total. The van der Waals surface area contributed by atoms with Crippen LogP contribution in [0.1, 0.15) is 28.1 Å². The fourth-order valence-corrected chi connectivity index (χ4v) is 4.18. The number of aromatic nitrogens is 3. The van der Waals surface area contributed by atoms with Gasteiger partial charge in [-0.2, -0.15) is 31.4 Å². The topological polar surface area (TPSA) is 83.2 Å². The Balaban J connectivity index is 1.73. The van der Waals surface area contributed by atoms with Crippen LogP contribution in [0.15, 0.2) is 47.3 Å². The molecule has 14 heteroatoms. The Kier molecular flexibility index (Phi) is 7.44. The molecule has 1 aliphatic rings. The van der Waals surface area contributed by atoms with E-state index in [1.807, 2.05) is 0 Å². The van der Waals surface area contributed by atoms with Gasteiger partial charge in [-0.25, -0.2) is 14.3 Å². The highest BCUT2D eigenvalue weighted by Gasteiger charge is 2.45. The second-order valence-corrected chi connectivity index (χ2v) is 8.29. The molecule has 1 aromatic heterocycles. The lowest BCUT2D eigenvalue weighted by Gasteiger charge is -2.43. The largest absolute Gasteiger partial charge is 0.416 e. The first-order chi connectivity index (χ1) is 17.4. The van der Waals surface area contributed by atoms with E-state index >= 15 is 0 Å². The molecule has 0 radical (unpaired) electrons. The molecule has 4 rings (SSSR count). The fourth-order valence-electron chi connectivity index (χ4n) is 4.18. The Bertz CT molecular complexity index is 1230. The van der Waals surface area contributed by atoms with Crippen molar-refractivity contribution in [3.63, 3.8) is 0 Å². The van der Waals surface area contributed by atoms with Gasteiger partial charge >= 0.3 is 18.0 Å². The Labute approximate surface area is 205 Å². The standard InChI is InChI=1S/C23H21F7N4O3/c24-18-3-1-15(2-4-18)21(19-31-20(35)33-32-19,34-6-9-36-10-7-34)37-8-5-14-11-16(22(25,26)27)13-17(12-14)23(28,29)30/h1-4,11-13H,5-10H2,(H2,31,32,33,35)/t21-/m1/s1. The minimum absolute atomic E-state index is 0.0222. The molecule has 0 bridgehead atoms. The molecule has 1 saturated heterocycles. The van der Waals surface area contributed by atoms with Gasteiger partial charge in [0, 0.05) is 18.7 Å². The third kappa shape index (κ3) is 5.86. The highest BCUT2D eigenvalue weighted by atomic mass is 19.4. The molecule has 0 aliphatic carbocycles. The van der Waals surface area contributed by atoms with Gasteiger partial charge in [-0.05, 0) is 42.3 Å². The molecule has 7 nitrogen and oxygen atoms in total. The average molecular weight is 534 g/mol. The number of ether oxygens (including phenoxy) is 2. The van der Waals surface area contributed by atoms with Gasteiger partial charge in [0.2, 0.25) is 5.72 Å². The summed E-state index contributed by atoms with van der Waals surface area (Å²) < 4.78 is 105. The zero-order chi connectivity index (χ0) is 26.8. The van der Waals surface area contributed by atoms with E-state index in [9.17, 15) is 35.5 Å². The Morgan fingerprint density at radius 2 is 1.51 bits per heavy atom. The van der Waals surface area contributed by atoms with E-state index in [0.29, 0.717) is 17.7 Å². The van der Waals surface area contributed by atoms with Crippen LogP contribution in [0.2, 0.25) is 0 Å². The third-order valence-electron chi connectivity index (χ3n) is 5.86. The number of benzene rings is 2. The fraction of sp³-hybridized carbons (Fsp3) is 0.391. The van der Waals surface area contributed by atoms with Crippen LogP contribution in [0.3, 0.4) is 0 Å². The Morgan fingerprint density at radius 3 is 2.03 bits per heavy atom. The number of halogens is 7. The average Bonchev–Trinajstić information content (AvgIpc) is 3.28. The zero-order valence-corrected chi connectivity index (χ0v) is 19.0.